The van der Waals surface area contributed by atoms with Crippen LogP contribution in [0, 0.1) is 0 Å². The average molecular weight is 296 g/mol. The van der Waals surface area contributed by atoms with Gasteiger partial charge in [0.25, 0.3) is 0 Å². The smallest absolute Gasteiger partial charge is 0.226 e. The van der Waals surface area contributed by atoms with Crippen LogP contribution in [0.5, 0.6) is 5.75 Å². The van der Waals surface area contributed by atoms with Gasteiger partial charge in [-0.25, -0.2) is 0 Å². The highest BCUT2D eigenvalue weighted by molar-refractivity contribution is 6.30. The lowest BCUT2D eigenvalue weighted by atomic mass is 10.2. The largest absolute Gasteiger partial charge is 0.485 e. The third-order valence-corrected chi connectivity index (χ3v) is 2.96. The van der Waals surface area contributed by atoms with Crippen molar-refractivity contribution in [2.24, 2.45) is 0 Å². The molecule has 0 amide bonds. The summed E-state index contributed by atoms with van der Waals surface area (Å²) < 4.78 is 10.9. The monoisotopic (exact) mass is 295 g/mol. The van der Waals surface area contributed by atoms with Crippen LogP contribution in [0.15, 0.2) is 22.7 Å². The van der Waals surface area contributed by atoms with Crippen molar-refractivity contribution in [3.63, 3.8) is 0 Å². The van der Waals surface area contributed by atoms with Gasteiger partial charge in [-0.3, -0.25) is 0 Å². The van der Waals surface area contributed by atoms with E-state index in [1.165, 1.54) is 0 Å². The van der Waals surface area contributed by atoms with E-state index in [9.17, 15) is 0 Å². The highest BCUT2D eigenvalue weighted by Crippen LogP contribution is 2.23. The fraction of sp³-hybridized carbons (Fsp3) is 0.429. The lowest BCUT2D eigenvalue weighted by Gasteiger charge is -2.10. The normalized spacial score (nSPS) is 10.8. The Hall–Kier alpha value is -1.59. The summed E-state index contributed by atoms with van der Waals surface area (Å²) in [5.41, 5.74) is 0.997. The number of nitrogens with one attached hydrogen (secondary N) is 1. The van der Waals surface area contributed by atoms with Crippen LogP contribution in [0.3, 0.4) is 0 Å². The van der Waals surface area contributed by atoms with Crippen molar-refractivity contribution in [2.75, 3.05) is 7.05 Å². The molecule has 2 aromatic rings. The first-order valence-corrected chi connectivity index (χ1v) is 6.98. The maximum absolute atomic E-state index is 5.98. The molecule has 0 radical (unpaired) electrons. The lowest BCUT2D eigenvalue weighted by molar-refractivity contribution is 0.282. The summed E-state index contributed by atoms with van der Waals surface area (Å²) in [5, 5.41) is 7.66. The molecule has 1 heterocycles. The predicted molar refractivity (Wildman–Crippen MR) is 76.8 cm³/mol. The first-order valence-electron chi connectivity index (χ1n) is 6.60. The first kappa shape index (κ1) is 14.8. The summed E-state index contributed by atoms with van der Waals surface area (Å²) >= 11 is 5.98. The molecule has 0 unspecified atom stereocenters. The van der Waals surface area contributed by atoms with Gasteiger partial charge in [-0.1, -0.05) is 23.7 Å². The molecule has 0 bridgehead atoms. The molecule has 20 heavy (non-hydrogen) atoms. The molecule has 0 aliphatic carbocycles. The summed E-state index contributed by atoms with van der Waals surface area (Å²) in [5.74, 6) is 1.97. The third kappa shape index (κ3) is 3.95. The van der Waals surface area contributed by atoms with Crippen molar-refractivity contribution >= 4 is 11.6 Å². The molecule has 0 aliphatic rings. The molecular weight excluding hydrogens is 278 g/mol. The van der Waals surface area contributed by atoms with Crippen molar-refractivity contribution in [3.05, 3.63) is 40.5 Å². The second-order valence-electron chi connectivity index (χ2n) is 4.43. The highest BCUT2D eigenvalue weighted by Gasteiger charge is 2.08. The minimum Gasteiger partial charge on any atom is -0.485 e. The van der Waals surface area contributed by atoms with E-state index >= 15 is 0 Å². The van der Waals surface area contributed by atoms with Gasteiger partial charge in [0.2, 0.25) is 11.7 Å². The molecule has 1 aromatic heterocycles. The number of hydrogen-bond donors (Lipinski definition) is 1. The molecule has 0 fully saturated rings. The van der Waals surface area contributed by atoms with Crippen molar-refractivity contribution in [1.82, 2.24) is 15.5 Å². The van der Waals surface area contributed by atoms with Gasteiger partial charge >= 0.3 is 0 Å². The zero-order valence-electron chi connectivity index (χ0n) is 11.6. The number of aryl methyl sites for hydroxylation is 1. The molecule has 0 saturated carbocycles. The molecule has 6 heteroatoms. The van der Waals surface area contributed by atoms with Crippen LogP contribution in [0.4, 0.5) is 0 Å². The molecule has 0 aliphatic heterocycles. The average Bonchev–Trinajstić information content (AvgIpc) is 2.86. The van der Waals surface area contributed by atoms with Crippen LogP contribution in [0.2, 0.25) is 5.02 Å². The Morgan fingerprint density at radius 1 is 1.40 bits per heavy atom. The first-order chi connectivity index (χ1) is 9.72. The minimum atomic E-state index is 0.283. The quantitative estimate of drug-likeness (QED) is 0.851. The second kappa shape index (κ2) is 7.26. The number of benzene rings is 1. The standard InChI is InChI=1S/C14H18ClN3O2/c1-3-4-14-17-13(18-20-14)9-19-12-6-5-11(15)7-10(12)8-16-2/h5-7,16H,3-4,8-9H2,1-2H3. The molecular formula is C14H18ClN3O2. The molecule has 0 atom stereocenters. The zero-order chi connectivity index (χ0) is 14.4. The van der Waals surface area contributed by atoms with Crippen LogP contribution in [-0.4, -0.2) is 17.2 Å². The van der Waals surface area contributed by atoms with E-state index in [0.717, 1.165) is 24.2 Å². The summed E-state index contributed by atoms with van der Waals surface area (Å²) in [6, 6.07) is 5.53. The topological polar surface area (TPSA) is 60.2 Å². The van der Waals surface area contributed by atoms with E-state index in [2.05, 4.69) is 22.4 Å². The second-order valence-corrected chi connectivity index (χ2v) is 4.86. The Labute approximate surface area is 123 Å². The van der Waals surface area contributed by atoms with E-state index in [4.69, 9.17) is 20.9 Å². The van der Waals surface area contributed by atoms with Gasteiger partial charge in [0.15, 0.2) is 6.61 Å². The third-order valence-electron chi connectivity index (χ3n) is 2.72. The van der Waals surface area contributed by atoms with Crippen LogP contribution >= 0.6 is 11.6 Å². The molecule has 0 spiro atoms. The zero-order valence-corrected chi connectivity index (χ0v) is 12.4. The number of ether oxygens (including phenoxy) is 1. The number of hydrogen-bond acceptors (Lipinski definition) is 5. The highest BCUT2D eigenvalue weighted by atomic mass is 35.5. The molecule has 2 rings (SSSR count). The van der Waals surface area contributed by atoms with Crippen LogP contribution in [-0.2, 0) is 19.6 Å². The molecule has 0 saturated heterocycles. The summed E-state index contributed by atoms with van der Waals surface area (Å²) in [6.45, 7) is 3.03. The summed E-state index contributed by atoms with van der Waals surface area (Å²) in [7, 11) is 1.88. The van der Waals surface area contributed by atoms with E-state index in [1.54, 1.807) is 6.07 Å². The van der Waals surface area contributed by atoms with Gasteiger partial charge in [-0.2, -0.15) is 4.98 Å². The fourth-order valence-electron chi connectivity index (χ4n) is 1.82. The Morgan fingerprint density at radius 3 is 3.00 bits per heavy atom. The lowest BCUT2D eigenvalue weighted by Crippen LogP contribution is -2.08. The maximum Gasteiger partial charge on any atom is 0.226 e. The van der Waals surface area contributed by atoms with Crippen LogP contribution in [0.25, 0.3) is 0 Å². The van der Waals surface area contributed by atoms with Gasteiger partial charge in [0, 0.05) is 23.6 Å². The van der Waals surface area contributed by atoms with Crippen molar-refractivity contribution in [1.29, 1.82) is 0 Å². The SMILES string of the molecule is CCCc1nc(COc2ccc(Cl)cc2CNC)no1. The van der Waals surface area contributed by atoms with E-state index in [-0.39, 0.29) is 6.61 Å². The summed E-state index contributed by atoms with van der Waals surface area (Å²) in [6.07, 6.45) is 1.77. The number of halogens is 1. The molecule has 1 aromatic carbocycles. The Kier molecular flexibility index (Phi) is 5.38. The maximum atomic E-state index is 5.98. The Bertz CT molecular complexity index is 557. The van der Waals surface area contributed by atoms with E-state index in [0.29, 0.717) is 23.3 Å². The van der Waals surface area contributed by atoms with Crippen LogP contribution < -0.4 is 10.1 Å². The van der Waals surface area contributed by atoms with Crippen molar-refractivity contribution in [2.45, 2.75) is 32.9 Å². The van der Waals surface area contributed by atoms with Gasteiger partial charge in [0.05, 0.1) is 0 Å². The van der Waals surface area contributed by atoms with Gasteiger partial charge in [-0.05, 0) is 31.7 Å². The van der Waals surface area contributed by atoms with Gasteiger partial charge in [0.1, 0.15) is 5.75 Å². The van der Waals surface area contributed by atoms with Gasteiger partial charge < -0.3 is 14.6 Å². The number of nitrogens with zero attached hydrogens (tertiary/aromatic N) is 2. The predicted octanol–water partition coefficient (Wildman–Crippen LogP) is 2.97. The fourth-order valence-corrected chi connectivity index (χ4v) is 2.02. The van der Waals surface area contributed by atoms with E-state index in [1.807, 2.05) is 19.2 Å². The molecule has 108 valence electrons. The Morgan fingerprint density at radius 2 is 2.25 bits per heavy atom. The van der Waals surface area contributed by atoms with Gasteiger partial charge in [-0.15, -0.1) is 0 Å². The van der Waals surface area contributed by atoms with E-state index < -0.39 is 0 Å². The summed E-state index contributed by atoms with van der Waals surface area (Å²) in [4.78, 5) is 4.26. The molecule has 5 nitrogen and oxygen atoms in total. The minimum absolute atomic E-state index is 0.283. The van der Waals surface area contributed by atoms with Crippen molar-refractivity contribution in [3.8, 4) is 5.75 Å². The van der Waals surface area contributed by atoms with Crippen molar-refractivity contribution < 1.29 is 9.26 Å². The van der Waals surface area contributed by atoms with Crippen LogP contribution in [0.1, 0.15) is 30.6 Å². The number of aromatic nitrogens is 2. The number of rotatable bonds is 7. The molecule has 1 N–H and O–H groups in total. The Balaban J connectivity index is 2.02.